The largest absolute Gasteiger partial charge is 0.497 e. The van der Waals surface area contributed by atoms with Gasteiger partial charge in [-0.3, -0.25) is 14.4 Å². The first kappa shape index (κ1) is 23.1. The van der Waals surface area contributed by atoms with Crippen molar-refractivity contribution in [2.75, 3.05) is 13.7 Å². The van der Waals surface area contributed by atoms with E-state index in [0.29, 0.717) is 29.7 Å². The summed E-state index contributed by atoms with van der Waals surface area (Å²) in [6.07, 6.45) is -3.95. The van der Waals surface area contributed by atoms with Crippen LogP contribution in [0.25, 0.3) is 10.9 Å². The Balaban J connectivity index is 2.16. The third-order valence-corrected chi connectivity index (χ3v) is 5.10. The summed E-state index contributed by atoms with van der Waals surface area (Å²) in [6.45, 7) is -0.225. The molecule has 10 heteroatoms. The van der Waals surface area contributed by atoms with Crippen LogP contribution in [0.5, 0.6) is 11.5 Å². The van der Waals surface area contributed by atoms with Gasteiger partial charge in [0, 0.05) is 18.3 Å². The second-order valence-corrected chi connectivity index (χ2v) is 7.09. The van der Waals surface area contributed by atoms with Crippen molar-refractivity contribution in [3.63, 3.8) is 0 Å². The van der Waals surface area contributed by atoms with Gasteiger partial charge in [-0.2, -0.15) is 13.2 Å². The summed E-state index contributed by atoms with van der Waals surface area (Å²) in [5, 5.41) is -0.186. The molecule has 0 spiro atoms. The highest BCUT2D eigenvalue weighted by molar-refractivity contribution is 5.98. The highest BCUT2D eigenvalue weighted by Gasteiger charge is 2.31. The number of fused-ring (bicyclic) bond motifs is 1. The van der Waals surface area contributed by atoms with E-state index in [1.165, 1.54) is 29.4 Å². The van der Waals surface area contributed by atoms with Crippen LogP contribution in [0.4, 0.5) is 13.2 Å². The first-order valence-corrected chi connectivity index (χ1v) is 9.68. The molecule has 3 rings (SSSR count). The molecule has 0 radical (unpaired) electrons. The molecule has 32 heavy (non-hydrogen) atoms. The lowest BCUT2D eigenvalue weighted by Gasteiger charge is -2.13. The summed E-state index contributed by atoms with van der Waals surface area (Å²) in [5.41, 5.74) is 0.140. The van der Waals surface area contributed by atoms with Gasteiger partial charge in [0.05, 0.1) is 19.2 Å². The Morgan fingerprint density at radius 3 is 2.53 bits per heavy atom. The van der Waals surface area contributed by atoms with E-state index in [0.717, 1.165) is 0 Å². The Morgan fingerprint density at radius 1 is 1.22 bits per heavy atom. The molecule has 0 aliphatic rings. The van der Waals surface area contributed by atoms with E-state index in [9.17, 15) is 27.6 Å². The van der Waals surface area contributed by atoms with Crippen LogP contribution >= 0.6 is 0 Å². The minimum absolute atomic E-state index is 0.186. The number of halogens is 3. The molecule has 2 aromatic heterocycles. The number of aromatic nitrogens is 2. The monoisotopic (exact) mass is 450 g/mol. The lowest BCUT2D eigenvalue weighted by molar-refractivity contribution is -0.153. The van der Waals surface area contributed by atoms with Crippen molar-refractivity contribution in [3.8, 4) is 11.5 Å². The number of benzene rings is 1. The maximum absolute atomic E-state index is 13.3. The zero-order valence-corrected chi connectivity index (χ0v) is 17.7. The van der Waals surface area contributed by atoms with Crippen LogP contribution in [0.3, 0.4) is 0 Å². The molecule has 7 nitrogen and oxygen atoms in total. The van der Waals surface area contributed by atoms with Crippen LogP contribution in [0, 0.1) is 0 Å². The second kappa shape index (κ2) is 8.89. The van der Waals surface area contributed by atoms with Crippen molar-refractivity contribution < 1.29 is 32.2 Å². The Labute approximate surface area is 181 Å². The van der Waals surface area contributed by atoms with Crippen LogP contribution in [-0.4, -0.2) is 41.1 Å². The van der Waals surface area contributed by atoms with E-state index in [4.69, 9.17) is 9.47 Å². The first-order valence-electron chi connectivity index (χ1n) is 9.68. The molecule has 0 atom stereocenters. The fraction of sp³-hybridized carbons (Fsp3) is 0.318. The first-order chi connectivity index (χ1) is 15.1. The van der Waals surface area contributed by atoms with Gasteiger partial charge in [-0.15, -0.1) is 0 Å². The highest BCUT2D eigenvalue weighted by atomic mass is 19.4. The Hall–Kier alpha value is -3.56. The smallest absolute Gasteiger partial charge is 0.422 e. The van der Waals surface area contributed by atoms with Crippen molar-refractivity contribution in [1.29, 1.82) is 0 Å². The number of aldehydes is 1. The summed E-state index contributed by atoms with van der Waals surface area (Å²) in [4.78, 5) is 37.7. The molecule has 0 amide bonds. The molecule has 0 fully saturated rings. The second-order valence-electron chi connectivity index (χ2n) is 7.09. The van der Waals surface area contributed by atoms with Crippen LogP contribution in [0.1, 0.15) is 33.5 Å². The molecule has 1 aromatic carbocycles. The maximum Gasteiger partial charge on any atom is 0.422 e. The van der Waals surface area contributed by atoms with E-state index in [-0.39, 0.29) is 28.9 Å². The minimum atomic E-state index is -4.66. The number of hydrogen-bond acceptors (Lipinski definition) is 5. The van der Waals surface area contributed by atoms with Gasteiger partial charge in [-0.1, -0.05) is 19.1 Å². The number of ketones is 1. The van der Waals surface area contributed by atoms with Crippen molar-refractivity contribution in [1.82, 2.24) is 9.13 Å². The van der Waals surface area contributed by atoms with Crippen molar-refractivity contribution in [3.05, 3.63) is 57.6 Å². The predicted molar refractivity (Wildman–Crippen MR) is 111 cm³/mol. The molecule has 2 heterocycles. The number of pyridine rings is 1. The quantitative estimate of drug-likeness (QED) is 0.387. The number of carbonyl (C=O) groups is 2. The lowest BCUT2D eigenvalue weighted by atomic mass is 10.1. The van der Waals surface area contributed by atoms with Gasteiger partial charge in [0.25, 0.3) is 5.56 Å². The molecule has 0 saturated heterocycles. The van der Waals surface area contributed by atoms with Crippen molar-refractivity contribution in [2.24, 2.45) is 7.05 Å². The molecule has 170 valence electrons. The Kier molecular flexibility index (Phi) is 6.42. The Morgan fingerprint density at radius 2 is 1.94 bits per heavy atom. The number of nitrogens with zero attached hydrogens (tertiary/aromatic N) is 2. The van der Waals surface area contributed by atoms with Gasteiger partial charge in [0.15, 0.2) is 24.4 Å². The van der Waals surface area contributed by atoms with Gasteiger partial charge in [-0.25, -0.2) is 0 Å². The van der Waals surface area contributed by atoms with Crippen molar-refractivity contribution in [2.45, 2.75) is 26.1 Å². The van der Waals surface area contributed by atoms with Crippen LogP contribution in [0.2, 0.25) is 0 Å². The standard InChI is InChI=1S/C22H21F3N2O5/c1-4-14-9-16-19(20(17(11-28)26(16)2)32-12-22(23,24)25)21(30)27(14)10-18(29)13-6-5-7-15(8-13)31-3/h5-9,11H,4,10,12H2,1-3H3. The average molecular weight is 450 g/mol. The molecular formula is C22H21F3N2O5. The van der Waals surface area contributed by atoms with E-state index >= 15 is 0 Å². The number of ether oxygens (including phenoxy) is 2. The van der Waals surface area contributed by atoms with Crippen LogP contribution in [-0.2, 0) is 20.0 Å². The topological polar surface area (TPSA) is 79.5 Å². The lowest BCUT2D eigenvalue weighted by Crippen LogP contribution is -2.28. The number of rotatable bonds is 8. The Bertz CT molecular complexity index is 1240. The third kappa shape index (κ3) is 4.39. The summed E-state index contributed by atoms with van der Waals surface area (Å²) >= 11 is 0. The van der Waals surface area contributed by atoms with Gasteiger partial charge >= 0.3 is 6.18 Å². The number of carbonyl (C=O) groups excluding carboxylic acids is 2. The molecular weight excluding hydrogens is 429 g/mol. The van der Waals surface area contributed by atoms with Gasteiger partial charge in [0.2, 0.25) is 0 Å². The number of alkyl halides is 3. The third-order valence-electron chi connectivity index (χ3n) is 5.10. The molecule has 0 aliphatic carbocycles. The van der Waals surface area contributed by atoms with Crippen molar-refractivity contribution >= 4 is 23.0 Å². The van der Waals surface area contributed by atoms with Crippen LogP contribution in [0.15, 0.2) is 35.1 Å². The van der Waals surface area contributed by atoms with Crippen LogP contribution < -0.4 is 15.0 Å². The normalized spacial score (nSPS) is 11.6. The number of methoxy groups -OCH3 is 1. The molecule has 0 saturated carbocycles. The zero-order chi connectivity index (χ0) is 23.6. The van der Waals surface area contributed by atoms with E-state index in [1.807, 2.05) is 0 Å². The molecule has 3 aromatic rings. The maximum atomic E-state index is 13.3. The average Bonchev–Trinajstić information content (AvgIpc) is 3.04. The number of aryl methyl sites for hydroxylation is 2. The summed E-state index contributed by atoms with van der Waals surface area (Å²) in [6, 6.07) is 7.98. The number of hydrogen-bond donors (Lipinski definition) is 0. The van der Waals surface area contributed by atoms with Gasteiger partial charge < -0.3 is 18.6 Å². The van der Waals surface area contributed by atoms with Gasteiger partial charge in [-0.05, 0) is 24.6 Å². The molecule has 0 unspecified atom stereocenters. The molecule has 0 aliphatic heterocycles. The summed E-state index contributed by atoms with van der Waals surface area (Å²) in [5.74, 6) is -0.370. The van der Waals surface area contributed by atoms with E-state index < -0.39 is 24.1 Å². The molecule has 0 bridgehead atoms. The van der Waals surface area contributed by atoms with E-state index in [1.54, 1.807) is 31.2 Å². The summed E-state index contributed by atoms with van der Waals surface area (Å²) in [7, 11) is 2.91. The predicted octanol–water partition coefficient (Wildman–Crippen LogP) is 3.55. The van der Waals surface area contributed by atoms with Gasteiger partial charge in [0.1, 0.15) is 16.8 Å². The number of Topliss-reactive ketones (excluding diaryl/α,β-unsaturated/α-hetero) is 1. The zero-order valence-electron chi connectivity index (χ0n) is 17.7. The molecule has 0 N–H and O–H groups in total. The fourth-order valence-electron chi connectivity index (χ4n) is 3.50. The summed E-state index contributed by atoms with van der Waals surface area (Å²) < 4.78 is 50.7. The highest BCUT2D eigenvalue weighted by Crippen LogP contribution is 2.31. The SMILES string of the molecule is CCc1cc2c(c(OCC(F)(F)F)c(C=O)n2C)c(=O)n1CC(=O)c1cccc(OC)c1. The minimum Gasteiger partial charge on any atom is -0.497 e. The van der Waals surface area contributed by atoms with E-state index in [2.05, 4.69) is 0 Å². The fourth-order valence-corrected chi connectivity index (χ4v) is 3.50.